The lowest BCUT2D eigenvalue weighted by atomic mass is 9.89. The van der Waals surface area contributed by atoms with Gasteiger partial charge >= 0.3 is 0 Å². The zero-order valence-corrected chi connectivity index (χ0v) is 19.2. The van der Waals surface area contributed by atoms with Crippen LogP contribution in [0.5, 0.6) is 5.75 Å². The molecule has 2 aromatic heterocycles. The van der Waals surface area contributed by atoms with Crippen molar-refractivity contribution in [2.45, 2.75) is 32.1 Å². The minimum atomic E-state index is -0.271. The highest BCUT2D eigenvalue weighted by Crippen LogP contribution is 2.28. The first-order valence-corrected chi connectivity index (χ1v) is 11.4. The Bertz CT molecular complexity index is 1170. The number of hydrogen-bond acceptors (Lipinski definition) is 7. The quantitative estimate of drug-likeness (QED) is 0.417. The van der Waals surface area contributed by atoms with Crippen LogP contribution in [0.1, 0.15) is 48.2 Å². The van der Waals surface area contributed by atoms with Crippen molar-refractivity contribution >= 4 is 28.9 Å². The summed E-state index contributed by atoms with van der Waals surface area (Å²) >= 11 is 0. The van der Waals surface area contributed by atoms with E-state index >= 15 is 0 Å². The fourth-order valence-corrected chi connectivity index (χ4v) is 4.03. The molecule has 3 N–H and O–H groups in total. The van der Waals surface area contributed by atoms with Gasteiger partial charge in [-0.1, -0.05) is 31.4 Å². The molecule has 174 valence electrons. The molecule has 0 spiro atoms. The fourth-order valence-electron chi connectivity index (χ4n) is 4.03. The second-order valence-corrected chi connectivity index (χ2v) is 8.21. The maximum absolute atomic E-state index is 13.2. The molecule has 1 saturated carbocycles. The number of amides is 1. The van der Waals surface area contributed by atoms with Crippen LogP contribution < -0.4 is 20.7 Å². The Morgan fingerprint density at radius 1 is 1.06 bits per heavy atom. The van der Waals surface area contributed by atoms with Crippen LogP contribution in [0.4, 0.5) is 23.0 Å². The van der Waals surface area contributed by atoms with Gasteiger partial charge in [-0.2, -0.15) is 0 Å². The molecule has 0 atom stereocenters. The standard InChI is InChI=1S/C26H28N6O2/c1-3-19-15-29-25(17-27-19)32-24-13-22(28-14-18-9-5-4-6-10-18)20(16-30-24)26(33)31-21-11-7-8-12-23(21)34-2/h1,7-8,11-13,15-18H,4-6,9-10,14H2,2H3,(H,31,33)(H2,28,29,30,32). The SMILES string of the molecule is C#Cc1cnc(Nc2cc(NCC3CCCCC3)c(C(=O)Nc3ccccc3OC)cn2)cn1. The third-order valence-corrected chi connectivity index (χ3v) is 5.87. The van der Waals surface area contributed by atoms with Gasteiger partial charge in [0.15, 0.2) is 0 Å². The lowest BCUT2D eigenvalue weighted by Crippen LogP contribution is -2.20. The van der Waals surface area contributed by atoms with E-state index in [-0.39, 0.29) is 5.91 Å². The summed E-state index contributed by atoms with van der Waals surface area (Å²) in [6, 6.07) is 9.12. The summed E-state index contributed by atoms with van der Waals surface area (Å²) in [5, 5.41) is 9.54. The van der Waals surface area contributed by atoms with Crippen LogP contribution in [-0.4, -0.2) is 34.5 Å². The summed E-state index contributed by atoms with van der Waals surface area (Å²) in [6.07, 6.45) is 16.2. The van der Waals surface area contributed by atoms with Crippen LogP contribution in [0.15, 0.2) is 48.9 Å². The maximum atomic E-state index is 13.2. The van der Waals surface area contributed by atoms with E-state index < -0.39 is 0 Å². The van der Waals surface area contributed by atoms with Crippen LogP contribution in [0.3, 0.4) is 0 Å². The number of pyridine rings is 1. The number of carbonyl (C=O) groups excluding carboxylic acids is 1. The van der Waals surface area contributed by atoms with Gasteiger partial charge in [0.2, 0.25) is 0 Å². The van der Waals surface area contributed by atoms with Gasteiger partial charge in [-0.15, -0.1) is 6.42 Å². The Labute approximate surface area is 199 Å². The zero-order chi connectivity index (χ0) is 23.8. The van der Waals surface area contributed by atoms with Gasteiger partial charge in [0.05, 0.1) is 36.4 Å². The normalized spacial score (nSPS) is 13.5. The highest BCUT2D eigenvalue weighted by Gasteiger charge is 2.18. The van der Waals surface area contributed by atoms with Gasteiger partial charge in [-0.05, 0) is 36.8 Å². The fraction of sp³-hybridized carbons (Fsp3) is 0.308. The van der Waals surface area contributed by atoms with Gasteiger partial charge in [0.25, 0.3) is 5.91 Å². The number of methoxy groups -OCH3 is 1. The summed E-state index contributed by atoms with van der Waals surface area (Å²) < 4.78 is 5.36. The van der Waals surface area contributed by atoms with E-state index in [9.17, 15) is 4.79 Å². The molecule has 0 aliphatic heterocycles. The van der Waals surface area contributed by atoms with Crippen molar-refractivity contribution in [1.82, 2.24) is 15.0 Å². The van der Waals surface area contributed by atoms with Crippen LogP contribution in [0.2, 0.25) is 0 Å². The van der Waals surface area contributed by atoms with E-state index in [1.807, 2.05) is 18.2 Å². The van der Waals surface area contributed by atoms with Crippen molar-refractivity contribution in [2.24, 2.45) is 5.92 Å². The van der Waals surface area contributed by atoms with E-state index in [2.05, 4.69) is 36.8 Å². The average Bonchev–Trinajstić information content (AvgIpc) is 2.89. The molecule has 2 heterocycles. The number of aromatic nitrogens is 3. The summed E-state index contributed by atoms with van der Waals surface area (Å²) in [5.41, 5.74) is 2.20. The molecule has 0 unspecified atom stereocenters. The summed E-state index contributed by atoms with van der Waals surface area (Å²) in [7, 11) is 1.57. The molecule has 1 aromatic carbocycles. The minimum absolute atomic E-state index is 0.271. The third-order valence-electron chi connectivity index (χ3n) is 5.87. The van der Waals surface area contributed by atoms with Crippen LogP contribution in [-0.2, 0) is 0 Å². The molecule has 1 amide bonds. The van der Waals surface area contributed by atoms with E-state index in [1.165, 1.54) is 38.3 Å². The number of hydrogen-bond donors (Lipinski definition) is 3. The molecule has 3 aromatic rings. The van der Waals surface area contributed by atoms with Crippen molar-refractivity contribution in [3.05, 3.63) is 60.2 Å². The molecular weight excluding hydrogens is 428 g/mol. The van der Waals surface area contributed by atoms with Crippen molar-refractivity contribution in [2.75, 3.05) is 29.6 Å². The van der Waals surface area contributed by atoms with Gasteiger partial charge in [0.1, 0.15) is 23.1 Å². The van der Waals surface area contributed by atoms with Gasteiger partial charge in [-0.25, -0.2) is 15.0 Å². The van der Waals surface area contributed by atoms with Crippen LogP contribution in [0, 0.1) is 18.3 Å². The van der Waals surface area contributed by atoms with E-state index in [0.717, 1.165) is 6.54 Å². The monoisotopic (exact) mass is 456 g/mol. The second kappa shape index (κ2) is 11.1. The van der Waals surface area contributed by atoms with Crippen molar-refractivity contribution in [1.29, 1.82) is 0 Å². The number of para-hydroxylation sites is 2. The van der Waals surface area contributed by atoms with E-state index in [0.29, 0.717) is 45.9 Å². The number of benzene rings is 1. The molecule has 1 aliphatic carbocycles. The number of carbonyl (C=O) groups is 1. The molecule has 0 radical (unpaired) electrons. The average molecular weight is 457 g/mol. The highest BCUT2D eigenvalue weighted by molar-refractivity contribution is 6.08. The number of terminal acetylenes is 1. The van der Waals surface area contributed by atoms with Gasteiger partial charge in [0, 0.05) is 18.8 Å². The Morgan fingerprint density at radius 2 is 1.85 bits per heavy atom. The second-order valence-electron chi connectivity index (χ2n) is 8.21. The molecule has 1 fully saturated rings. The lowest BCUT2D eigenvalue weighted by molar-refractivity contribution is 0.102. The molecule has 1 aliphatic rings. The molecule has 4 rings (SSSR count). The summed E-state index contributed by atoms with van der Waals surface area (Å²) in [5.74, 6) is 4.41. The van der Waals surface area contributed by atoms with E-state index in [1.54, 1.807) is 31.6 Å². The molecule has 0 bridgehead atoms. The minimum Gasteiger partial charge on any atom is -0.495 e. The van der Waals surface area contributed by atoms with Crippen LogP contribution in [0.25, 0.3) is 0 Å². The zero-order valence-electron chi connectivity index (χ0n) is 19.2. The molecular formula is C26H28N6O2. The number of ether oxygens (including phenoxy) is 1. The smallest absolute Gasteiger partial charge is 0.259 e. The Hall–Kier alpha value is -4.12. The summed E-state index contributed by atoms with van der Waals surface area (Å²) in [6.45, 7) is 0.801. The largest absolute Gasteiger partial charge is 0.495 e. The van der Waals surface area contributed by atoms with Crippen molar-refractivity contribution in [3.63, 3.8) is 0 Å². The molecule has 0 saturated heterocycles. The van der Waals surface area contributed by atoms with Crippen LogP contribution >= 0.6 is 0 Å². The number of nitrogens with zero attached hydrogens (tertiary/aromatic N) is 3. The lowest BCUT2D eigenvalue weighted by Gasteiger charge is -2.23. The first-order valence-electron chi connectivity index (χ1n) is 11.4. The molecule has 34 heavy (non-hydrogen) atoms. The van der Waals surface area contributed by atoms with Gasteiger partial charge in [-0.3, -0.25) is 4.79 Å². The van der Waals surface area contributed by atoms with Gasteiger partial charge < -0.3 is 20.7 Å². The molecule has 8 heteroatoms. The summed E-state index contributed by atoms with van der Waals surface area (Å²) in [4.78, 5) is 26.0. The highest BCUT2D eigenvalue weighted by atomic mass is 16.5. The number of anilines is 4. The Kier molecular flexibility index (Phi) is 7.56. The topological polar surface area (TPSA) is 101 Å². The number of rotatable bonds is 8. The first kappa shape index (κ1) is 23.1. The predicted octanol–water partition coefficient (Wildman–Crippen LogP) is 4.85. The van der Waals surface area contributed by atoms with E-state index in [4.69, 9.17) is 11.2 Å². The maximum Gasteiger partial charge on any atom is 0.259 e. The first-order chi connectivity index (χ1) is 16.7. The van der Waals surface area contributed by atoms with Crippen molar-refractivity contribution in [3.8, 4) is 18.1 Å². The Balaban J connectivity index is 1.56. The predicted molar refractivity (Wildman–Crippen MR) is 133 cm³/mol. The third kappa shape index (κ3) is 5.81. The molecule has 8 nitrogen and oxygen atoms in total. The van der Waals surface area contributed by atoms with Crippen molar-refractivity contribution < 1.29 is 9.53 Å². The number of nitrogens with one attached hydrogen (secondary N) is 3. The Morgan fingerprint density at radius 3 is 2.59 bits per heavy atom.